The quantitative estimate of drug-likeness (QED) is 0.278. The van der Waals surface area contributed by atoms with Crippen molar-refractivity contribution < 1.29 is 6.11 Å². The first kappa shape index (κ1) is 18.2. The van der Waals surface area contributed by atoms with Crippen LogP contribution in [0.2, 0.25) is 0 Å². The standard InChI is InChI=1S/C23H15NO.C5H4N.Bi/c1-2-7-18(8-3-1)19-12-14-20(15-13-19)21-9-6-10-22(17-21)25-23-11-4-5-16-24-23;1-2-4-6-5-3-1;/h1-7,9-12,14-17H;1-4H;/i;4D;. The minimum absolute atomic E-state index is 0.337. The Morgan fingerprint density at radius 1 is 0.656 bits per heavy atom. The Morgan fingerprint density at radius 2 is 1.50 bits per heavy atom. The van der Waals surface area contributed by atoms with Gasteiger partial charge in [0, 0.05) is 0 Å². The van der Waals surface area contributed by atoms with Crippen LogP contribution >= 0.6 is 0 Å². The van der Waals surface area contributed by atoms with Crippen LogP contribution in [0.25, 0.3) is 22.3 Å². The predicted octanol–water partition coefficient (Wildman–Crippen LogP) is 4.43. The Labute approximate surface area is 196 Å². The molecule has 3 nitrogen and oxygen atoms in total. The van der Waals surface area contributed by atoms with Gasteiger partial charge in [0.15, 0.2) is 0 Å². The Bertz CT molecular complexity index is 1470. The molecule has 0 unspecified atom stereocenters. The topological polar surface area (TPSA) is 35.0 Å². The van der Waals surface area contributed by atoms with Gasteiger partial charge in [-0.05, 0) is 0 Å². The molecule has 3 heterocycles. The van der Waals surface area contributed by atoms with Crippen molar-refractivity contribution >= 4 is 31.7 Å². The molecule has 0 bridgehead atoms. The van der Waals surface area contributed by atoms with Gasteiger partial charge in [0.2, 0.25) is 0 Å². The average Bonchev–Trinajstić information content (AvgIpc) is 3.18. The summed E-state index contributed by atoms with van der Waals surface area (Å²) in [5.41, 5.74) is 4.90. The monoisotopic (exact) mass is 609 g/mol. The molecule has 1 aliphatic heterocycles. The summed E-state index contributed by atoms with van der Waals surface area (Å²) in [6.07, 6.45) is 2.06. The number of aromatic nitrogens is 2. The second-order valence-corrected chi connectivity index (χ2v) is 15.6. The molecule has 0 saturated carbocycles. The molecule has 0 aliphatic carbocycles. The van der Waals surface area contributed by atoms with E-state index in [9.17, 15) is 0 Å². The maximum atomic E-state index is 8.06. The molecule has 4 heteroatoms. The molecule has 2 aromatic heterocycles. The van der Waals surface area contributed by atoms with E-state index in [1.54, 1.807) is 12.3 Å². The summed E-state index contributed by atoms with van der Waals surface area (Å²) in [5, 5.41) is 0. The summed E-state index contributed by atoms with van der Waals surface area (Å²) >= 11 is -2.58. The Kier molecular flexibility index (Phi) is 4.73. The van der Waals surface area contributed by atoms with Crippen molar-refractivity contribution in [1.82, 2.24) is 9.97 Å². The van der Waals surface area contributed by atoms with Crippen LogP contribution in [0.15, 0.2) is 115 Å². The zero-order chi connectivity index (χ0) is 22.2. The van der Waals surface area contributed by atoms with Crippen molar-refractivity contribution in [2.24, 2.45) is 0 Å². The number of rotatable bonds is 4. The SMILES string of the molecule is [2H]c1ccc[c]([Bi]2[c]3ccccc3-c3ccc(-c4cccc(Oc5ccccn5)c4)c[c]32)n1. The zero-order valence-corrected chi connectivity index (χ0v) is 20.6. The molecule has 0 fully saturated rings. The second-order valence-electron chi connectivity index (χ2n) is 7.51. The van der Waals surface area contributed by atoms with Gasteiger partial charge in [0.1, 0.15) is 0 Å². The fourth-order valence-electron chi connectivity index (χ4n) is 4.11. The molecule has 0 atom stereocenters. The fraction of sp³-hybridized carbons (Fsp3) is 0. The van der Waals surface area contributed by atoms with E-state index in [0.717, 1.165) is 20.3 Å². The average molecular weight is 609 g/mol. The molecule has 1 aliphatic rings. The van der Waals surface area contributed by atoms with Crippen molar-refractivity contribution in [1.29, 1.82) is 0 Å². The van der Waals surface area contributed by atoms with Gasteiger partial charge in [-0.1, -0.05) is 0 Å². The van der Waals surface area contributed by atoms with Gasteiger partial charge in [0.05, 0.1) is 0 Å². The number of nitrogens with zero attached hydrogens (tertiary/aromatic N) is 2. The van der Waals surface area contributed by atoms with Crippen molar-refractivity contribution in [3.8, 4) is 33.9 Å². The summed E-state index contributed by atoms with van der Waals surface area (Å²) in [7, 11) is 0. The van der Waals surface area contributed by atoms with E-state index in [4.69, 9.17) is 6.11 Å². The van der Waals surface area contributed by atoms with Crippen LogP contribution in [0.3, 0.4) is 0 Å². The van der Waals surface area contributed by atoms with Crippen LogP contribution in [-0.2, 0) is 0 Å². The summed E-state index contributed by atoms with van der Waals surface area (Å²) in [5.74, 6) is 1.34. The summed E-state index contributed by atoms with van der Waals surface area (Å²) in [6.45, 7) is 0. The van der Waals surface area contributed by atoms with Gasteiger partial charge in [-0.2, -0.15) is 0 Å². The van der Waals surface area contributed by atoms with Crippen molar-refractivity contribution in [3.05, 3.63) is 115 Å². The zero-order valence-electron chi connectivity index (χ0n) is 18.1. The second kappa shape index (κ2) is 8.29. The van der Waals surface area contributed by atoms with Crippen LogP contribution in [0, 0.1) is 0 Å². The molecule has 3 aromatic carbocycles. The van der Waals surface area contributed by atoms with E-state index < -0.39 is 21.8 Å². The number of fused-ring (bicyclic) bond motifs is 3. The third-order valence-corrected chi connectivity index (χ3v) is 15.0. The number of benzene rings is 3. The molecule has 5 aromatic rings. The molecule has 152 valence electrons. The van der Waals surface area contributed by atoms with Gasteiger partial charge in [-0.15, -0.1) is 0 Å². The van der Waals surface area contributed by atoms with Gasteiger partial charge in [-0.25, -0.2) is 0 Å². The van der Waals surface area contributed by atoms with Crippen LogP contribution in [0.4, 0.5) is 0 Å². The normalized spacial score (nSPS) is 12.7. The van der Waals surface area contributed by atoms with Gasteiger partial charge in [0.25, 0.3) is 0 Å². The molecule has 0 N–H and O–H groups in total. The maximum absolute atomic E-state index is 8.06. The number of pyridine rings is 2. The molecular weight excluding hydrogens is 589 g/mol. The van der Waals surface area contributed by atoms with E-state index >= 15 is 0 Å². The Morgan fingerprint density at radius 3 is 2.41 bits per heavy atom. The first-order chi connectivity index (χ1) is 16.3. The fourth-order valence-corrected chi connectivity index (χ4v) is 13.9. The van der Waals surface area contributed by atoms with Crippen LogP contribution in [0.5, 0.6) is 11.6 Å². The van der Waals surface area contributed by atoms with Crippen molar-refractivity contribution in [2.45, 2.75) is 0 Å². The predicted molar refractivity (Wildman–Crippen MR) is 131 cm³/mol. The first-order valence-electron chi connectivity index (χ1n) is 10.9. The van der Waals surface area contributed by atoms with Crippen LogP contribution in [-0.4, -0.2) is 31.7 Å². The van der Waals surface area contributed by atoms with Gasteiger partial charge >= 0.3 is 197 Å². The van der Waals surface area contributed by atoms with E-state index in [0.29, 0.717) is 12.1 Å². The van der Waals surface area contributed by atoms with E-state index in [2.05, 4.69) is 70.6 Å². The third-order valence-electron chi connectivity index (χ3n) is 5.53. The molecule has 0 saturated heterocycles. The van der Waals surface area contributed by atoms with Crippen LogP contribution < -0.4 is 14.7 Å². The van der Waals surface area contributed by atoms with E-state index in [-0.39, 0.29) is 0 Å². The molecule has 0 spiro atoms. The molecule has 32 heavy (non-hydrogen) atoms. The number of hydrogen-bond acceptors (Lipinski definition) is 3. The molecular formula is C28H19BiN2O. The third kappa shape index (κ3) is 3.51. The summed E-state index contributed by atoms with van der Waals surface area (Å²) in [4.78, 5) is 8.91. The summed E-state index contributed by atoms with van der Waals surface area (Å²) in [6, 6.07) is 35.1. The van der Waals surface area contributed by atoms with Crippen LogP contribution in [0.1, 0.15) is 1.37 Å². The molecule has 6 rings (SSSR count). The van der Waals surface area contributed by atoms with E-state index in [1.807, 2.05) is 36.4 Å². The Balaban J connectivity index is 1.43. The molecule has 0 radical (unpaired) electrons. The molecule has 0 amide bonds. The van der Waals surface area contributed by atoms with E-state index in [1.165, 1.54) is 17.7 Å². The minimum atomic E-state index is -2.58. The van der Waals surface area contributed by atoms with Gasteiger partial charge < -0.3 is 0 Å². The summed E-state index contributed by atoms with van der Waals surface area (Å²) < 4.78 is 18.0. The number of ether oxygens (including phenoxy) is 1. The van der Waals surface area contributed by atoms with Gasteiger partial charge in [-0.3, -0.25) is 0 Å². The number of hydrogen-bond donors (Lipinski definition) is 0. The van der Waals surface area contributed by atoms with Crippen molar-refractivity contribution in [2.75, 3.05) is 0 Å². The Hall–Kier alpha value is -3.36. The van der Waals surface area contributed by atoms with Crippen molar-refractivity contribution in [3.63, 3.8) is 0 Å². The first-order valence-corrected chi connectivity index (χ1v) is 15.6.